The SMILES string of the molecule is CCCNCc1oc2c(F)ccc(F)c2c1CCC. The van der Waals surface area contributed by atoms with Gasteiger partial charge in [-0.15, -0.1) is 0 Å². The Morgan fingerprint density at radius 3 is 2.53 bits per heavy atom. The molecule has 1 aromatic carbocycles. The van der Waals surface area contributed by atoms with Crippen LogP contribution in [0.2, 0.25) is 0 Å². The van der Waals surface area contributed by atoms with E-state index in [-0.39, 0.29) is 5.58 Å². The third-order valence-electron chi connectivity index (χ3n) is 3.13. The highest BCUT2D eigenvalue weighted by Crippen LogP contribution is 2.31. The van der Waals surface area contributed by atoms with Crippen LogP contribution in [-0.2, 0) is 13.0 Å². The molecule has 0 aliphatic carbocycles. The van der Waals surface area contributed by atoms with Crippen LogP contribution >= 0.6 is 0 Å². The van der Waals surface area contributed by atoms with E-state index in [4.69, 9.17) is 4.42 Å². The maximum absolute atomic E-state index is 13.9. The molecule has 2 rings (SSSR count). The van der Waals surface area contributed by atoms with Crippen molar-refractivity contribution in [2.75, 3.05) is 6.54 Å². The quantitative estimate of drug-likeness (QED) is 0.795. The maximum atomic E-state index is 13.9. The largest absolute Gasteiger partial charge is 0.456 e. The van der Waals surface area contributed by atoms with E-state index in [0.29, 0.717) is 24.1 Å². The van der Waals surface area contributed by atoms with Crippen LogP contribution in [0, 0.1) is 11.6 Å². The van der Waals surface area contributed by atoms with E-state index in [9.17, 15) is 8.78 Å². The lowest BCUT2D eigenvalue weighted by molar-refractivity contribution is 0.489. The van der Waals surface area contributed by atoms with Crippen LogP contribution in [0.3, 0.4) is 0 Å². The first kappa shape index (κ1) is 14.0. The molecule has 2 nitrogen and oxygen atoms in total. The van der Waals surface area contributed by atoms with Crippen molar-refractivity contribution < 1.29 is 13.2 Å². The van der Waals surface area contributed by atoms with E-state index in [1.807, 2.05) is 6.92 Å². The Balaban J connectivity index is 2.47. The van der Waals surface area contributed by atoms with Crippen LogP contribution < -0.4 is 5.32 Å². The van der Waals surface area contributed by atoms with E-state index in [2.05, 4.69) is 12.2 Å². The molecular weight excluding hydrogens is 248 g/mol. The number of hydrogen-bond acceptors (Lipinski definition) is 2. The molecule has 0 fully saturated rings. The summed E-state index contributed by atoms with van der Waals surface area (Å²) in [6, 6.07) is 2.27. The van der Waals surface area contributed by atoms with Crippen molar-refractivity contribution in [2.45, 2.75) is 39.7 Å². The van der Waals surface area contributed by atoms with Crippen molar-refractivity contribution in [1.82, 2.24) is 5.32 Å². The van der Waals surface area contributed by atoms with Crippen molar-refractivity contribution >= 4 is 11.0 Å². The molecule has 1 aromatic heterocycles. The Morgan fingerprint density at radius 2 is 1.84 bits per heavy atom. The van der Waals surface area contributed by atoms with Gasteiger partial charge < -0.3 is 9.73 Å². The fourth-order valence-electron chi connectivity index (χ4n) is 2.27. The van der Waals surface area contributed by atoms with E-state index in [1.54, 1.807) is 0 Å². The number of rotatable bonds is 6. The molecule has 0 radical (unpaired) electrons. The number of furan rings is 1. The Hall–Kier alpha value is -1.42. The van der Waals surface area contributed by atoms with E-state index in [1.165, 1.54) is 0 Å². The number of benzene rings is 1. The molecule has 4 heteroatoms. The third kappa shape index (κ3) is 2.78. The van der Waals surface area contributed by atoms with E-state index in [0.717, 1.165) is 37.1 Å². The van der Waals surface area contributed by atoms with Crippen LogP contribution in [0.4, 0.5) is 8.78 Å². The van der Waals surface area contributed by atoms with Gasteiger partial charge in [-0.25, -0.2) is 8.78 Å². The number of nitrogens with one attached hydrogen (secondary N) is 1. The summed E-state index contributed by atoms with van der Waals surface area (Å²) in [5, 5.41) is 3.51. The summed E-state index contributed by atoms with van der Waals surface area (Å²) in [6.07, 6.45) is 2.56. The van der Waals surface area contributed by atoms with E-state index >= 15 is 0 Å². The van der Waals surface area contributed by atoms with Gasteiger partial charge in [0.2, 0.25) is 0 Å². The standard InChI is InChI=1S/C15H19F2NO/c1-3-5-10-13(9-18-8-4-2)19-15-12(17)7-6-11(16)14(10)15/h6-7,18H,3-5,8-9H2,1-2H3. The van der Waals surface area contributed by atoms with Gasteiger partial charge in [-0.3, -0.25) is 0 Å². The Morgan fingerprint density at radius 1 is 1.11 bits per heavy atom. The average molecular weight is 267 g/mol. The molecule has 0 bridgehead atoms. The lowest BCUT2D eigenvalue weighted by Crippen LogP contribution is -2.14. The Bertz CT molecular complexity index is 563. The second kappa shape index (κ2) is 6.15. The molecule has 0 atom stereocenters. The first-order chi connectivity index (χ1) is 9.19. The monoisotopic (exact) mass is 267 g/mol. The zero-order valence-corrected chi connectivity index (χ0v) is 11.4. The van der Waals surface area contributed by atoms with Crippen LogP contribution in [-0.4, -0.2) is 6.54 Å². The summed E-state index contributed by atoms with van der Waals surface area (Å²) < 4.78 is 33.1. The second-order valence-electron chi connectivity index (χ2n) is 4.66. The Labute approximate surface area is 111 Å². The van der Waals surface area contributed by atoms with Crippen LogP contribution in [0.5, 0.6) is 0 Å². The third-order valence-corrected chi connectivity index (χ3v) is 3.13. The zero-order chi connectivity index (χ0) is 13.8. The number of aryl methyl sites for hydroxylation is 1. The van der Waals surface area contributed by atoms with Gasteiger partial charge in [-0.2, -0.15) is 0 Å². The highest BCUT2D eigenvalue weighted by atomic mass is 19.1. The van der Waals surface area contributed by atoms with Gasteiger partial charge in [0.25, 0.3) is 0 Å². The van der Waals surface area contributed by atoms with Gasteiger partial charge in [0.1, 0.15) is 11.6 Å². The molecule has 0 saturated carbocycles. The van der Waals surface area contributed by atoms with Crippen LogP contribution in [0.25, 0.3) is 11.0 Å². The first-order valence-corrected chi connectivity index (χ1v) is 6.78. The molecule has 0 aliphatic heterocycles. The smallest absolute Gasteiger partial charge is 0.173 e. The molecule has 0 amide bonds. The molecule has 19 heavy (non-hydrogen) atoms. The predicted molar refractivity (Wildman–Crippen MR) is 72.1 cm³/mol. The van der Waals surface area contributed by atoms with Crippen molar-refractivity contribution in [2.24, 2.45) is 0 Å². The van der Waals surface area contributed by atoms with Gasteiger partial charge in [-0.1, -0.05) is 20.3 Å². The highest BCUT2D eigenvalue weighted by Gasteiger charge is 2.19. The normalized spacial score (nSPS) is 11.4. The summed E-state index contributed by atoms with van der Waals surface area (Å²) in [7, 11) is 0. The van der Waals surface area contributed by atoms with Crippen molar-refractivity contribution in [3.05, 3.63) is 35.1 Å². The maximum Gasteiger partial charge on any atom is 0.173 e. The molecule has 1 N–H and O–H groups in total. The predicted octanol–water partition coefficient (Wildman–Crippen LogP) is 4.16. The second-order valence-corrected chi connectivity index (χ2v) is 4.66. The molecule has 0 saturated heterocycles. The van der Waals surface area contributed by atoms with Gasteiger partial charge in [0, 0.05) is 5.56 Å². The summed E-state index contributed by atoms with van der Waals surface area (Å²) >= 11 is 0. The highest BCUT2D eigenvalue weighted by molar-refractivity contribution is 5.83. The molecule has 0 spiro atoms. The summed E-state index contributed by atoms with van der Waals surface area (Å²) in [5.74, 6) is -0.268. The van der Waals surface area contributed by atoms with Crippen molar-refractivity contribution in [3.63, 3.8) is 0 Å². The van der Waals surface area contributed by atoms with E-state index < -0.39 is 11.6 Å². The molecule has 0 aliphatic rings. The zero-order valence-electron chi connectivity index (χ0n) is 11.4. The average Bonchev–Trinajstić information content (AvgIpc) is 2.75. The number of fused-ring (bicyclic) bond motifs is 1. The fourth-order valence-corrected chi connectivity index (χ4v) is 2.27. The van der Waals surface area contributed by atoms with Gasteiger partial charge in [0.05, 0.1) is 11.9 Å². The summed E-state index contributed by atoms with van der Waals surface area (Å²) in [5.41, 5.74) is 0.829. The molecule has 104 valence electrons. The molecule has 0 unspecified atom stereocenters. The van der Waals surface area contributed by atoms with Gasteiger partial charge in [0.15, 0.2) is 11.4 Å². The van der Waals surface area contributed by atoms with Crippen LogP contribution in [0.15, 0.2) is 16.5 Å². The minimum atomic E-state index is -0.504. The number of halogens is 2. The lowest BCUT2D eigenvalue weighted by atomic mass is 10.1. The minimum absolute atomic E-state index is 0.0387. The lowest BCUT2D eigenvalue weighted by Gasteiger charge is -2.03. The van der Waals surface area contributed by atoms with Gasteiger partial charge in [-0.05, 0) is 31.5 Å². The molecule has 2 aromatic rings. The van der Waals surface area contributed by atoms with Crippen molar-refractivity contribution in [3.8, 4) is 0 Å². The van der Waals surface area contributed by atoms with Gasteiger partial charge >= 0.3 is 0 Å². The fraction of sp³-hybridized carbons (Fsp3) is 0.467. The van der Waals surface area contributed by atoms with Crippen LogP contribution in [0.1, 0.15) is 38.0 Å². The Kier molecular flexibility index (Phi) is 4.53. The van der Waals surface area contributed by atoms with Crippen molar-refractivity contribution in [1.29, 1.82) is 0 Å². The summed E-state index contributed by atoms with van der Waals surface area (Å²) in [6.45, 7) is 5.45. The molecule has 1 heterocycles. The number of hydrogen-bond donors (Lipinski definition) is 1. The first-order valence-electron chi connectivity index (χ1n) is 6.78. The topological polar surface area (TPSA) is 25.2 Å². The molecular formula is C15H19F2NO. The minimum Gasteiger partial charge on any atom is -0.456 e. The summed E-state index contributed by atoms with van der Waals surface area (Å²) in [4.78, 5) is 0.